The highest BCUT2D eigenvalue weighted by Gasteiger charge is 2.24. The summed E-state index contributed by atoms with van der Waals surface area (Å²) in [4.78, 5) is 25.4. The third kappa shape index (κ3) is 4.50. The second-order valence-corrected chi connectivity index (χ2v) is 5.99. The van der Waals surface area contributed by atoms with Gasteiger partial charge in [0.25, 0.3) is 5.91 Å². The van der Waals surface area contributed by atoms with E-state index in [4.69, 9.17) is 10.5 Å². The number of hydrogen-bond donors (Lipinski definition) is 2. The van der Waals surface area contributed by atoms with E-state index in [-0.39, 0.29) is 12.0 Å². The zero-order valence-electron chi connectivity index (χ0n) is 13.9. The molecule has 6 nitrogen and oxygen atoms in total. The minimum absolute atomic E-state index is 0.0497. The van der Waals surface area contributed by atoms with E-state index >= 15 is 0 Å². The number of ether oxygens (including phenoxy) is 1. The van der Waals surface area contributed by atoms with E-state index < -0.39 is 6.03 Å². The number of benzene rings is 2. The van der Waals surface area contributed by atoms with Crippen LogP contribution in [0, 0.1) is 0 Å². The van der Waals surface area contributed by atoms with Crippen molar-refractivity contribution in [1.29, 1.82) is 0 Å². The van der Waals surface area contributed by atoms with Gasteiger partial charge < -0.3 is 20.7 Å². The molecule has 3 N–H and O–H groups in total. The fourth-order valence-electron chi connectivity index (χ4n) is 2.92. The number of primary amides is 1. The molecule has 3 rings (SSSR count). The van der Waals surface area contributed by atoms with Gasteiger partial charge in [-0.1, -0.05) is 24.3 Å². The van der Waals surface area contributed by atoms with Crippen molar-refractivity contribution in [3.05, 3.63) is 60.2 Å². The summed E-state index contributed by atoms with van der Waals surface area (Å²) in [6.45, 7) is 1.29. The van der Waals surface area contributed by atoms with Gasteiger partial charge in [-0.05, 0) is 30.3 Å². The molecule has 0 saturated carbocycles. The largest absolute Gasteiger partial charge is 0.490 e. The number of piperidine rings is 1. The van der Waals surface area contributed by atoms with Crippen molar-refractivity contribution in [3.8, 4) is 5.75 Å². The van der Waals surface area contributed by atoms with Crippen LogP contribution >= 0.6 is 0 Å². The quantitative estimate of drug-likeness (QED) is 0.898. The van der Waals surface area contributed by atoms with Gasteiger partial charge in [0.1, 0.15) is 11.9 Å². The maximum Gasteiger partial charge on any atom is 0.316 e. The second kappa shape index (κ2) is 7.70. The molecular formula is C19H21N3O3. The average molecular weight is 339 g/mol. The molecule has 6 heteroatoms. The lowest BCUT2D eigenvalue weighted by Crippen LogP contribution is -2.41. The SMILES string of the molecule is NC(=O)Nc1cccc(C(=O)N2CCC(Oc3ccccc3)CC2)c1. The van der Waals surface area contributed by atoms with Crippen LogP contribution in [-0.4, -0.2) is 36.0 Å². The van der Waals surface area contributed by atoms with Crippen LogP contribution in [0.5, 0.6) is 5.75 Å². The van der Waals surface area contributed by atoms with Crippen molar-refractivity contribution < 1.29 is 14.3 Å². The molecule has 1 saturated heterocycles. The number of nitrogens with zero attached hydrogens (tertiary/aromatic N) is 1. The van der Waals surface area contributed by atoms with E-state index in [1.165, 1.54) is 0 Å². The number of carbonyl (C=O) groups is 2. The molecule has 0 atom stereocenters. The number of carbonyl (C=O) groups excluding carboxylic acids is 2. The maximum atomic E-state index is 12.6. The summed E-state index contributed by atoms with van der Waals surface area (Å²) in [5.41, 5.74) is 6.16. The molecular weight excluding hydrogens is 318 g/mol. The van der Waals surface area contributed by atoms with E-state index in [0.717, 1.165) is 18.6 Å². The first kappa shape index (κ1) is 16.8. The van der Waals surface area contributed by atoms with E-state index in [9.17, 15) is 9.59 Å². The fraction of sp³-hybridized carbons (Fsp3) is 0.263. The highest BCUT2D eigenvalue weighted by atomic mass is 16.5. The third-order valence-corrected chi connectivity index (χ3v) is 4.15. The molecule has 2 aromatic rings. The Hall–Kier alpha value is -3.02. The van der Waals surface area contributed by atoms with Gasteiger partial charge >= 0.3 is 6.03 Å². The monoisotopic (exact) mass is 339 g/mol. The Labute approximate surface area is 146 Å². The van der Waals surface area contributed by atoms with Crippen LogP contribution in [-0.2, 0) is 0 Å². The van der Waals surface area contributed by atoms with Gasteiger partial charge in [-0.15, -0.1) is 0 Å². The lowest BCUT2D eigenvalue weighted by molar-refractivity contribution is 0.0595. The molecule has 0 bridgehead atoms. The van der Waals surface area contributed by atoms with Gasteiger partial charge in [0.15, 0.2) is 0 Å². The topological polar surface area (TPSA) is 84.7 Å². The molecule has 1 aliphatic rings. The lowest BCUT2D eigenvalue weighted by Gasteiger charge is -2.32. The molecule has 0 radical (unpaired) electrons. The second-order valence-electron chi connectivity index (χ2n) is 5.99. The van der Waals surface area contributed by atoms with Gasteiger partial charge in [0, 0.05) is 37.2 Å². The van der Waals surface area contributed by atoms with E-state index in [1.807, 2.05) is 35.2 Å². The summed E-state index contributed by atoms with van der Waals surface area (Å²) in [6.07, 6.45) is 1.70. The normalized spacial score (nSPS) is 14.8. The number of nitrogens with two attached hydrogens (primary N) is 1. The molecule has 25 heavy (non-hydrogen) atoms. The van der Waals surface area contributed by atoms with Crippen molar-refractivity contribution in [3.63, 3.8) is 0 Å². The first-order valence-corrected chi connectivity index (χ1v) is 8.29. The van der Waals surface area contributed by atoms with Crippen LogP contribution in [0.15, 0.2) is 54.6 Å². The highest BCUT2D eigenvalue weighted by Crippen LogP contribution is 2.20. The Morgan fingerprint density at radius 2 is 1.76 bits per heavy atom. The smallest absolute Gasteiger partial charge is 0.316 e. The van der Waals surface area contributed by atoms with Gasteiger partial charge in [-0.25, -0.2) is 4.79 Å². The Balaban J connectivity index is 1.57. The van der Waals surface area contributed by atoms with Gasteiger partial charge in [0.05, 0.1) is 0 Å². The molecule has 130 valence electrons. The van der Waals surface area contributed by atoms with Crippen LogP contribution in [0.25, 0.3) is 0 Å². The number of amides is 3. The summed E-state index contributed by atoms with van der Waals surface area (Å²) in [7, 11) is 0. The van der Waals surface area contributed by atoms with Crippen molar-refractivity contribution >= 4 is 17.6 Å². The lowest BCUT2D eigenvalue weighted by atomic mass is 10.1. The minimum Gasteiger partial charge on any atom is -0.490 e. The van der Waals surface area contributed by atoms with Crippen molar-refractivity contribution in [2.45, 2.75) is 18.9 Å². The molecule has 0 unspecified atom stereocenters. The minimum atomic E-state index is -0.650. The molecule has 0 spiro atoms. The zero-order chi connectivity index (χ0) is 17.6. The molecule has 1 fully saturated rings. The van der Waals surface area contributed by atoms with Crippen LogP contribution in [0.3, 0.4) is 0 Å². The van der Waals surface area contributed by atoms with Crippen molar-refractivity contribution in [1.82, 2.24) is 4.90 Å². The third-order valence-electron chi connectivity index (χ3n) is 4.15. The van der Waals surface area contributed by atoms with Crippen LogP contribution in [0.4, 0.5) is 10.5 Å². The average Bonchev–Trinajstić information content (AvgIpc) is 2.62. The van der Waals surface area contributed by atoms with E-state index in [2.05, 4.69) is 5.32 Å². The molecule has 1 aliphatic heterocycles. The van der Waals surface area contributed by atoms with Crippen LogP contribution < -0.4 is 15.8 Å². The highest BCUT2D eigenvalue weighted by molar-refractivity contribution is 5.96. The first-order valence-electron chi connectivity index (χ1n) is 8.29. The number of rotatable bonds is 4. The number of hydrogen-bond acceptors (Lipinski definition) is 3. The Morgan fingerprint density at radius 1 is 1.04 bits per heavy atom. The Kier molecular flexibility index (Phi) is 5.18. The molecule has 2 aromatic carbocycles. The van der Waals surface area contributed by atoms with Crippen molar-refractivity contribution in [2.75, 3.05) is 18.4 Å². The summed E-state index contributed by atoms with van der Waals surface area (Å²) in [6, 6.07) is 15.9. The standard InChI is InChI=1S/C19H21N3O3/c20-19(24)21-15-6-4-5-14(13-15)18(23)22-11-9-17(10-12-22)25-16-7-2-1-3-8-16/h1-8,13,17H,9-12H2,(H3,20,21,24). The van der Waals surface area contributed by atoms with Crippen LogP contribution in [0.2, 0.25) is 0 Å². The van der Waals surface area contributed by atoms with Gasteiger partial charge in [-0.2, -0.15) is 0 Å². The maximum absolute atomic E-state index is 12.6. The summed E-state index contributed by atoms with van der Waals surface area (Å²) in [5.74, 6) is 0.809. The Morgan fingerprint density at radius 3 is 2.44 bits per heavy atom. The molecule has 0 aromatic heterocycles. The predicted molar refractivity (Wildman–Crippen MR) is 95.6 cm³/mol. The van der Waals surface area contributed by atoms with Gasteiger partial charge in [-0.3, -0.25) is 4.79 Å². The number of para-hydroxylation sites is 1. The van der Waals surface area contributed by atoms with Gasteiger partial charge in [0.2, 0.25) is 0 Å². The number of urea groups is 1. The van der Waals surface area contributed by atoms with Crippen LogP contribution in [0.1, 0.15) is 23.2 Å². The number of likely N-dealkylation sites (tertiary alicyclic amines) is 1. The van der Waals surface area contributed by atoms with E-state index in [0.29, 0.717) is 24.3 Å². The first-order chi connectivity index (χ1) is 12.1. The summed E-state index contributed by atoms with van der Waals surface area (Å²) < 4.78 is 5.95. The summed E-state index contributed by atoms with van der Waals surface area (Å²) >= 11 is 0. The Bertz CT molecular complexity index is 741. The zero-order valence-corrected chi connectivity index (χ0v) is 13.9. The molecule has 0 aliphatic carbocycles. The summed E-state index contributed by atoms with van der Waals surface area (Å²) in [5, 5.41) is 2.49. The molecule has 3 amide bonds. The number of nitrogens with one attached hydrogen (secondary N) is 1. The van der Waals surface area contributed by atoms with Crippen molar-refractivity contribution in [2.24, 2.45) is 5.73 Å². The number of anilines is 1. The molecule has 1 heterocycles. The predicted octanol–water partition coefficient (Wildman–Crippen LogP) is 2.86. The fourth-order valence-corrected chi connectivity index (χ4v) is 2.92. The van der Waals surface area contributed by atoms with E-state index in [1.54, 1.807) is 24.3 Å².